The molecule has 2 aromatic carbocycles. The third kappa shape index (κ3) is 4.07. The highest BCUT2D eigenvalue weighted by Crippen LogP contribution is 2.25. The van der Waals surface area contributed by atoms with Gasteiger partial charge in [-0.2, -0.15) is 0 Å². The quantitative estimate of drug-likeness (QED) is 0.794. The lowest BCUT2D eigenvalue weighted by Crippen LogP contribution is -2.30. The molecule has 1 heterocycles. The largest absolute Gasteiger partial charge is 0.381 e. The Hall–Kier alpha value is -1.96. The summed E-state index contributed by atoms with van der Waals surface area (Å²) in [5, 5.41) is 3.58. The van der Waals surface area contributed by atoms with E-state index in [1.54, 1.807) is 0 Å². The fourth-order valence-corrected chi connectivity index (χ4v) is 3.29. The average molecular weight is 308 g/mol. The molecule has 0 spiro atoms. The van der Waals surface area contributed by atoms with Crippen LogP contribution >= 0.6 is 0 Å². The third-order valence-corrected chi connectivity index (χ3v) is 4.75. The van der Waals surface area contributed by atoms with E-state index in [0.29, 0.717) is 5.92 Å². The molecule has 23 heavy (non-hydrogen) atoms. The summed E-state index contributed by atoms with van der Waals surface area (Å²) in [5.41, 5.74) is 5.38. The van der Waals surface area contributed by atoms with Gasteiger partial charge in [0.05, 0.1) is 0 Å². The number of nitrogens with zero attached hydrogens (tertiary/aromatic N) is 1. The van der Waals surface area contributed by atoms with E-state index < -0.39 is 0 Å². The summed E-state index contributed by atoms with van der Waals surface area (Å²) in [4.78, 5) is 2.54. The van der Waals surface area contributed by atoms with Crippen molar-refractivity contribution in [3.05, 3.63) is 59.7 Å². The molecule has 1 N–H and O–H groups in total. The van der Waals surface area contributed by atoms with E-state index >= 15 is 0 Å². The molecule has 0 radical (unpaired) electrons. The van der Waals surface area contributed by atoms with E-state index in [9.17, 15) is 0 Å². The van der Waals surface area contributed by atoms with E-state index in [1.807, 2.05) is 0 Å². The second kappa shape index (κ2) is 7.54. The van der Waals surface area contributed by atoms with Crippen molar-refractivity contribution in [2.45, 2.75) is 45.6 Å². The van der Waals surface area contributed by atoms with Crippen molar-refractivity contribution in [3.8, 4) is 0 Å². The molecule has 0 aliphatic carbocycles. The van der Waals surface area contributed by atoms with Gasteiger partial charge in [0.15, 0.2) is 0 Å². The fraction of sp³-hybridized carbons (Fsp3) is 0.429. The minimum Gasteiger partial charge on any atom is -0.381 e. The summed E-state index contributed by atoms with van der Waals surface area (Å²) >= 11 is 0. The van der Waals surface area contributed by atoms with Crippen LogP contribution in [0.2, 0.25) is 0 Å². The van der Waals surface area contributed by atoms with Gasteiger partial charge in [0.25, 0.3) is 0 Å². The van der Waals surface area contributed by atoms with E-state index in [2.05, 4.69) is 72.6 Å². The standard InChI is InChI=1S/C21H28N2/c1-17(2)18-10-12-20(13-11-18)22-16-19-8-4-5-9-21(19)23-14-6-3-7-15-23/h4-5,8-13,17,22H,3,6-7,14-16H2,1-2H3. The number of hydrogen-bond acceptors (Lipinski definition) is 2. The molecule has 1 fully saturated rings. The first-order valence-corrected chi connectivity index (χ1v) is 8.91. The molecular weight excluding hydrogens is 280 g/mol. The molecule has 0 unspecified atom stereocenters. The van der Waals surface area contributed by atoms with Crippen LogP contribution < -0.4 is 10.2 Å². The Balaban J connectivity index is 1.68. The lowest BCUT2D eigenvalue weighted by molar-refractivity contribution is 0.576. The molecule has 122 valence electrons. The first-order valence-electron chi connectivity index (χ1n) is 8.91. The normalized spacial score (nSPS) is 15.0. The summed E-state index contributed by atoms with van der Waals surface area (Å²) in [7, 11) is 0. The van der Waals surface area contributed by atoms with Crippen LogP contribution in [0.3, 0.4) is 0 Å². The summed E-state index contributed by atoms with van der Waals surface area (Å²) in [6.45, 7) is 7.74. The second-order valence-corrected chi connectivity index (χ2v) is 6.81. The molecule has 2 nitrogen and oxygen atoms in total. The minimum absolute atomic E-state index is 0.587. The van der Waals surface area contributed by atoms with Crippen LogP contribution in [-0.2, 0) is 6.54 Å². The molecule has 2 aromatic rings. The maximum absolute atomic E-state index is 3.58. The number of benzene rings is 2. The SMILES string of the molecule is CC(C)c1ccc(NCc2ccccc2N2CCCCC2)cc1. The van der Waals surface area contributed by atoms with Crippen molar-refractivity contribution in [1.82, 2.24) is 0 Å². The second-order valence-electron chi connectivity index (χ2n) is 6.81. The summed E-state index contributed by atoms with van der Waals surface area (Å²) < 4.78 is 0. The van der Waals surface area contributed by atoms with Gasteiger partial charge in [0.1, 0.15) is 0 Å². The van der Waals surface area contributed by atoms with E-state index in [-0.39, 0.29) is 0 Å². The molecule has 1 saturated heterocycles. The van der Waals surface area contributed by atoms with Gasteiger partial charge in [-0.25, -0.2) is 0 Å². The molecule has 3 rings (SSSR count). The highest BCUT2D eigenvalue weighted by Gasteiger charge is 2.13. The van der Waals surface area contributed by atoms with Crippen molar-refractivity contribution < 1.29 is 0 Å². The van der Waals surface area contributed by atoms with Crippen molar-refractivity contribution in [1.29, 1.82) is 0 Å². The molecule has 1 aliphatic heterocycles. The molecule has 0 aromatic heterocycles. The molecule has 0 atom stereocenters. The van der Waals surface area contributed by atoms with Gasteiger partial charge in [-0.3, -0.25) is 0 Å². The topological polar surface area (TPSA) is 15.3 Å². The lowest BCUT2D eigenvalue weighted by atomic mass is 10.0. The van der Waals surface area contributed by atoms with Crippen molar-refractivity contribution in [2.24, 2.45) is 0 Å². The lowest BCUT2D eigenvalue weighted by Gasteiger charge is -2.30. The minimum atomic E-state index is 0.587. The predicted octanol–water partition coefficient (Wildman–Crippen LogP) is 5.41. The van der Waals surface area contributed by atoms with Gasteiger partial charge >= 0.3 is 0 Å². The Morgan fingerprint density at radius 3 is 2.30 bits per heavy atom. The van der Waals surface area contributed by atoms with Crippen molar-refractivity contribution >= 4 is 11.4 Å². The van der Waals surface area contributed by atoms with Gasteiger partial charge in [-0.1, -0.05) is 44.2 Å². The van der Waals surface area contributed by atoms with Crippen LogP contribution in [0, 0.1) is 0 Å². The molecule has 0 bridgehead atoms. The molecular formula is C21H28N2. The summed E-state index contributed by atoms with van der Waals surface area (Å²) in [6, 6.07) is 17.7. The number of para-hydroxylation sites is 1. The Morgan fingerprint density at radius 1 is 0.913 bits per heavy atom. The predicted molar refractivity (Wildman–Crippen MR) is 100 cm³/mol. The number of rotatable bonds is 5. The van der Waals surface area contributed by atoms with Crippen LogP contribution in [0.1, 0.15) is 50.2 Å². The molecule has 2 heteroatoms. The third-order valence-electron chi connectivity index (χ3n) is 4.75. The Kier molecular flexibility index (Phi) is 5.22. The van der Waals surface area contributed by atoms with Gasteiger partial charge in [-0.15, -0.1) is 0 Å². The van der Waals surface area contributed by atoms with Gasteiger partial charge < -0.3 is 10.2 Å². The zero-order valence-electron chi connectivity index (χ0n) is 14.4. The smallest absolute Gasteiger partial charge is 0.0421 e. The van der Waals surface area contributed by atoms with Crippen LogP contribution in [0.5, 0.6) is 0 Å². The van der Waals surface area contributed by atoms with Crippen LogP contribution in [0.15, 0.2) is 48.5 Å². The number of hydrogen-bond donors (Lipinski definition) is 1. The van der Waals surface area contributed by atoms with Crippen LogP contribution in [0.25, 0.3) is 0 Å². The number of piperidine rings is 1. The zero-order chi connectivity index (χ0) is 16.1. The fourth-order valence-electron chi connectivity index (χ4n) is 3.29. The summed E-state index contributed by atoms with van der Waals surface area (Å²) in [5.74, 6) is 0.587. The molecule has 1 aliphatic rings. The van der Waals surface area contributed by atoms with Crippen molar-refractivity contribution in [2.75, 3.05) is 23.3 Å². The number of anilines is 2. The maximum Gasteiger partial charge on any atom is 0.0421 e. The zero-order valence-corrected chi connectivity index (χ0v) is 14.4. The molecule has 0 amide bonds. The first-order chi connectivity index (χ1) is 11.2. The maximum atomic E-state index is 3.58. The van der Waals surface area contributed by atoms with Gasteiger partial charge in [-0.05, 0) is 54.5 Å². The Bertz CT molecular complexity index is 610. The average Bonchev–Trinajstić information content (AvgIpc) is 2.61. The van der Waals surface area contributed by atoms with E-state index in [4.69, 9.17) is 0 Å². The Labute approximate surface area is 140 Å². The van der Waals surface area contributed by atoms with Crippen molar-refractivity contribution in [3.63, 3.8) is 0 Å². The van der Waals surface area contributed by atoms with E-state index in [1.165, 1.54) is 54.9 Å². The highest BCUT2D eigenvalue weighted by molar-refractivity contribution is 5.56. The Morgan fingerprint density at radius 2 is 1.61 bits per heavy atom. The number of nitrogens with one attached hydrogen (secondary N) is 1. The monoisotopic (exact) mass is 308 g/mol. The highest BCUT2D eigenvalue weighted by atomic mass is 15.1. The van der Waals surface area contributed by atoms with E-state index in [0.717, 1.165) is 6.54 Å². The van der Waals surface area contributed by atoms with Gasteiger partial charge in [0.2, 0.25) is 0 Å². The molecule has 0 saturated carbocycles. The summed E-state index contributed by atoms with van der Waals surface area (Å²) in [6.07, 6.45) is 4.01. The van der Waals surface area contributed by atoms with Crippen LogP contribution in [0.4, 0.5) is 11.4 Å². The van der Waals surface area contributed by atoms with Gasteiger partial charge in [0, 0.05) is 31.0 Å². The van der Waals surface area contributed by atoms with Crippen LogP contribution in [-0.4, -0.2) is 13.1 Å². The first kappa shape index (κ1) is 15.9.